The Balaban J connectivity index is 0.00000400. The Morgan fingerprint density at radius 1 is 1.24 bits per heavy atom. The molecule has 122 valence electrons. The lowest BCUT2D eigenvalue weighted by Crippen LogP contribution is -2.41. The van der Waals surface area contributed by atoms with E-state index < -0.39 is 29.0 Å². The minimum Gasteiger partial charge on any atom is -0.325 e. The summed E-state index contributed by atoms with van der Waals surface area (Å²) in [5.41, 5.74) is 5.86. The van der Waals surface area contributed by atoms with Gasteiger partial charge in [0.1, 0.15) is 0 Å². The highest BCUT2D eigenvalue weighted by Gasteiger charge is 2.29. The highest BCUT2D eigenvalue weighted by Crippen LogP contribution is 2.15. The molecule has 0 aliphatic heterocycles. The highest BCUT2D eigenvalue weighted by molar-refractivity contribution is 7.89. The van der Waals surface area contributed by atoms with E-state index in [1.807, 2.05) is 4.72 Å². The molecule has 0 bridgehead atoms. The van der Waals surface area contributed by atoms with Crippen LogP contribution < -0.4 is 10.5 Å². The predicted octanol–water partition coefficient (Wildman–Crippen LogP) is 2.18. The minimum atomic E-state index is -3.93. The minimum absolute atomic E-state index is 0. The number of rotatable bonds is 7. The molecule has 0 heterocycles. The molecule has 0 saturated carbocycles. The fourth-order valence-electron chi connectivity index (χ4n) is 1.63. The third kappa shape index (κ3) is 6.69. The molecule has 4 nitrogen and oxygen atoms in total. The first kappa shape index (κ1) is 20.2. The van der Waals surface area contributed by atoms with Gasteiger partial charge in [-0.25, -0.2) is 21.9 Å². The van der Waals surface area contributed by atoms with Crippen LogP contribution in [-0.2, 0) is 16.4 Å². The first-order valence-corrected chi connectivity index (χ1v) is 7.81. The summed E-state index contributed by atoms with van der Waals surface area (Å²) in [5, 5.41) is 0. The zero-order valence-corrected chi connectivity index (χ0v) is 13.6. The molecule has 0 atom stereocenters. The molecule has 0 unspecified atom stereocenters. The number of hydrogen-bond acceptors (Lipinski definition) is 3. The lowest BCUT2D eigenvalue weighted by molar-refractivity contribution is 0.0170. The summed E-state index contributed by atoms with van der Waals surface area (Å²) in [7, 11) is -3.93. The summed E-state index contributed by atoms with van der Waals surface area (Å²) in [5.74, 6) is -2.79. The summed E-state index contributed by atoms with van der Waals surface area (Å²) >= 11 is 0. The molecule has 0 saturated heterocycles. The van der Waals surface area contributed by atoms with Crippen LogP contribution in [0.1, 0.15) is 19.4 Å². The van der Waals surface area contributed by atoms with E-state index in [1.165, 1.54) is 12.1 Å². The first-order chi connectivity index (χ1) is 9.16. The largest absolute Gasteiger partial charge is 0.325 e. The van der Waals surface area contributed by atoms with Crippen molar-refractivity contribution in [3.05, 3.63) is 29.8 Å². The van der Waals surface area contributed by atoms with Gasteiger partial charge in [0.15, 0.2) is 0 Å². The van der Waals surface area contributed by atoms with Gasteiger partial charge in [-0.05, 0) is 30.0 Å². The molecule has 1 aromatic carbocycles. The second kappa shape index (κ2) is 8.03. The van der Waals surface area contributed by atoms with E-state index in [0.717, 1.165) is 12.0 Å². The van der Waals surface area contributed by atoms with Gasteiger partial charge < -0.3 is 5.73 Å². The van der Waals surface area contributed by atoms with Crippen LogP contribution in [0.3, 0.4) is 0 Å². The van der Waals surface area contributed by atoms with Crippen molar-refractivity contribution >= 4 is 22.4 Å². The van der Waals surface area contributed by atoms with Gasteiger partial charge in [0.25, 0.3) is 5.92 Å². The number of alkyl halides is 2. The molecule has 0 aliphatic carbocycles. The normalized spacial score (nSPS) is 12.3. The maximum absolute atomic E-state index is 13.0. The van der Waals surface area contributed by atoms with Gasteiger partial charge in [0, 0.05) is 0 Å². The molecule has 0 aliphatic rings. The van der Waals surface area contributed by atoms with Crippen molar-refractivity contribution in [1.29, 1.82) is 0 Å². The van der Waals surface area contributed by atoms with Crippen LogP contribution in [0.4, 0.5) is 8.78 Å². The van der Waals surface area contributed by atoms with E-state index in [-0.39, 0.29) is 17.3 Å². The van der Waals surface area contributed by atoms with Crippen molar-refractivity contribution in [2.75, 3.05) is 13.1 Å². The second-order valence-corrected chi connectivity index (χ2v) is 6.89. The Bertz CT molecular complexity index is 534. The van der Waals surface area contributed by atoms with Gasteiger partial charge in [0.05, 0.1) is 18.0 Å². The van der Waals surface area contributed by atoms with E-state index in [0.29, 0.717) is 5.92 Å². The molecule has 3 N–H and O–H groups in total. The maximum Gasteiger partial charge on any atom is 0.273 e. The fourth-order valence-corrected chi connectivity index (χ4v) is 2.69. The average Bonchev–Trinajstić information content (AvgIpc) is 2.37. The summed E-state index contributed by atoms with van der Waals surface area (Å²) in [6.07, 6.45) is 0.832. The van der Waals surface area contributed by atoms with Crippen molar-refractivity contribution in [2.45, 2.75) is 31.1 Å². The summed E-state index contributed by atoms with van der Waals surface area (Å²) in [6, 6.07) is 6.21. The van der Waals surface area contributed by atoms with Crippen molar-refractivity contribution in [2.24, 2.45) is 11.7 Å². The van der Waals surface area contributed by atoms with E-state index >= 15 is 0 Å². The van der Waals surface area contributed by atoms with Crippen LogP contribution in [0.2, 0.25) is 0 Å². The van der Waals surface area contributed by atoms with E-state index in [2.05, 4.69) is 13.8 Å². The Morgan fingerprint density at radius 3 is 2.19 bits per heavy atom. The number of nitrogens with one attached hydrogen (secondary N) is 1. The third-order valence-electron chi connectivity index (χ3n) is 2.70. The number of nitrogens with two attached hydrogens (primary N) is 1. The lowest BCUT2D eigenvalue weighted by Gasteiger charge is -2.15. The van der Waals surface area contributed by atoms with Gasteiger partial charge >= 0.3 is 0 Å². The molecule has 0 aromatic heterocycles. The highest BCUT2D eigenvalue weighted by atomic mass is 35.5. The lowest BCUT2D eigenvalue weighted by atomic mass is 10.0. The molecule has 21 heavy (non-hydrogen) atoms. The summed E-state index contributed by atoms with van der Waals surface area (Å²) in [4.78, 5) is -0.0298. The zero-order valence-electron chi connectivity index (χ0n) is 12.0. The van der Waals surface area contributed by atoms with E-state index in [4.69, 9.17) is 5.73 Å². The van der Waals surface area contributed by atoms with Crippen LogP contribution in [0.15, 0.2) is 29.2 Å². The van der Waals surface area contributed by atoms with Crippen LogP contribution >= 0.6 is 12.4 Å². The average molecular weight is 343 g/mol. The Hall–Kier alpha value is -0.760. The molecule has 1 rings (SSSR count). The monoisotopic (exact) mass is 342 g/mol. The van der Waals surface area contributed by atoms with Gasteiger partial charge in [0.2, 0.25) is 10.0 Å². The number of halogens is 3. The SMILES string of the molecule is CC(C)Cc1ccc(S(=O)(=O)NCC(F)(F)CN)cc1.Cl. The van der Waals surface area contributed by atoms with Crippen LogP contribution in [0.25, 0.3) is 0 Å². The zero-order chi connectivity index (χ0) is 15.4. The third-order valence-corrected chi connectivity index (χ3v) is 4.11. The van der Waals surface area contributed by atoms with Crippen molar-refractivity contribution < 1.29 is 17.2 Å². The molecular weight excluding hydrogens is 322 g/mol. The Morgan fingerprint density at radius 2 is 1.76 bits per heavy atom. The number of sulfonamides is 1. The van der Waals surface area contributed by atoms with Crippen LogP contribution in [0.5, 0.6) is 0 Å². The second-order valence-electron chi connectivity index (χ2n) is 5.13. The van der Waals surface area contributed by atoms with E-state index in [1.54, 1.807) is 12.1 Å². The predicted molar refractivity (Wildman–Crippen MR) is 81.4 cm³/mol. The molecule has 0 spiro atoms. The van der Waals surface area contributed by atoms with Crippen molar-refractivity contribution in [3.63, 3.8) is 0 Å². The van der Waals surface area contributed by atoms with Gasteiger partial charge in [-0.2, -0.15) is 0 Å². The molecule has 0 amide bonds. The van der Waals surface area contributed by atoms with E-state index in [9.17, 15) is 17.2 Å². The topological polar surface area (TPSA) is 72.2 Å². The molecule has 0 fully saturated rings. The molecular formula is C13H21ClF2N2O2S. The van der Waals surface area contributed by atoms with Crippen molar-refractivity contribution in [3.8, 4) is 0 Å². The number of benzene rings is 1. The Labute approximate surface area is 130 Å². The van der Waals surface area contributed by atoms with Crippen molar-refractivity contribution in [1.82, 2.24) is 4.72 Å². The van der Waals surface area contributed by atoms with Crippen LogP contribution in [-0.4, -0.2) is 27.4 Å². The van der Waals surface area contributed by atoms with Gasteiger partial charge in [-0.1, -0.05) is 26.0 Å². The summed E-state index contributed by atoms with van der Waals surface area (Å²) in [6.45, 7) is 2.21. The first-order valence-electron chi connectivity index (χ1n) is 6.33. The standard InChI is InChI=1S/C13H20F2N2O2S.ClH/c1-10(2)7-11-3-5-12(6-4-11)20(18,19)17-9-13(14,15)8-16;/h3-6,10,17H,7-9,16H2,1-2H3;1H. The maximum atomic E-state index is 13.0. The van der Waals surface area contributed by atoms with Crippen LogP contribution in [0, 0.1) is 5.92 Å². The quantitative estimate of drug-likeness (QED) is 0.797. The molecule has 0 radical (unpaired) electrons. The smallest absolute Gasteiger partial charge is 0.273 e. The molecule has 1 aromatic rings. The number of hydrogen-bond donors (Lipinski definition) is 2. The fraction of sp³-hybridized carbons (Fsp3) is 0.538. The van der Waals surface area contributed by atoms with Gasteiger partial charge in [-0.3, -0.25) is 0 Å². The molecule has 8 heteroatoms. The summed E-state index contributed by atoms with van der Waals surface area (Å²) < 4.78 is 51.5. The Kier molecular flexibility index (Phi) is 7.74. The van der Waals surface area contributed by atoms with Gasteiger partial charge in [-0.15, -0.1) is 12.4 Å².